The summed E-state index contributed by atoms with van der Waals surface area (Å²) in [6, 6.07) is 9.42. The number of aryl methyl sites for hydroxylation is 1. The Morgan fingerprint density at radius 1 is 1.31 bits per heavy atom. The van der Waals surface area contributed by atoms with Crippen LogP contribution in [0, 0.1) is 0 Å². The molecule has 0 spiro atoms. The van der Waals surface area contributed by atoms with Crippen LogP contribution in [0.1, 0.15) is 0 Å². The van der Waals surface area contributed by atoms with Crippen LogP contribution in [0.15, 0.2) is 41.0 Å². The van der Waals surface area contributed by atoms with Gasteiger partial charge in [-0.15, -0.1) is 0 Å². The Morgan fingerprint density at radius 3 is 2.94 bits per heavy atom. The Morgan fingerprint density at radius 2 is 2.19 bits per heavy atom. The van der Waals surface area contributed by atoms with Gasteiger partial charge in [-0.3, -0.25) is 0 Å². The first-order chi connectivity index (χ1) is 7.75. The maximum atomic E-state index is 5.76. The summed E-state index contributed by atoms with van der Waals surface area (Å²) in [5.74, 6) is 1.57. The summed E-state index contributed by atoms with van der Waals surface area (Å²) >= 11 is 0. The molecule has 0 amide bonds. The molecule has 0 saturated heterocycles. The van der Waals surface area contributed by atoms with Gasteiger partial charge in [0.25, 0.3) is 0 Å². The number of anilines is 1. The molecule has 2 N–H and O–H groups in total. The van der Waals surface area contributed by atoms with E-state index in [0.29, 0.717) is 0 Å². The van der Waals surface area contributed by atoms with Gasteiger partial charge in [-0.25, -0.2) is 4.98 Å². The number of rotatable bonds is 1. The lowest BCUT2D eigenvalue weighted by molar-refractivity contribution is 0.574. The fraction of sp³-hybridized carbons (Fsp3) is 0.0833. The van der Waals surface area contributed by atoms with E-state index in [2.05, 4.69) is 4.98 Å². The van der Waals surface area contributed by atoms with Crippen molar-refractivity contribution in [3.63, 3.8) is 0 Å². The molecule has 0 fully saturated rings. The van der Waals surface area contributed by atoms with Crippen LogP contribution < -0.4 is 5.73 Å². The quantitative estimate of drug-likeness (QED) is 0.631. The molecular formula is C12H11N3O. The number of benzene rings is 1. The second-order valence-electron chi connectivity index (χ2n) is 3.72. The standard InChI is InChI=1S/C12H11N3O/c1-15-10-7-8(13)4-5-9(10)14-12(15)11-3-2-6-16-11/h2-7H,13H2,1H3. The maximum absolute atomic E-state index is 5.76. The van der Waals surface area contributed by atoms with Crippen LogP contribution in [-0.4, -0.2) is 9.55 Å². The summed E-state index contributed by atoms with van der Waals surface area (Å²) in [5.41, 5.74) is 8.42. The summed E-state index contributed by atoms with van der Waals surface area (Å²) in [6.07, 6.45) is 1.64. The second kappa shape index (κ2) is 3.13. The second-order valence-corrected chi connectivity index (χ2v) is 3.72. The Hall–Kier alpha value is -2.23. The number of furan rings is 1. The van der Waals surface area contributed by atoms with E-state index in [0.717, 1.165) is 28.3 Å². The molecule has 2 heterocycles. The Kier molecular flexibility index (Phi) is 1.77. The molecule has 0 aliphatic heterocycles. The molecular weight excluding hydrogens is 202 g/mol. The molecule has 2 aromatic heterocycles. The summed E-state index contributed by atoms with van der Waals surface area (Å²) in [7, 11) is 1.95. The minimum atomic E-state index is 0.737. The van der Waals surface area contributed by atoms with Crippen molar-refractivity contribution < 1.29 is 4.42 Å². The van der Waals surface area contributed by atoms with E-state index in [9.17, 15) is 0 Å². The fourth-order valence-corrected chi connectivity index (χ4v) is 1.83. The summed E-state index contributed by atoms with van der Waals surface area (Å²) in [5, 5.41) is 0. The van der Waals surface area contributed by atoms with Crippen LogP contribution in [0.5, 0.6) is 0 Å². The van der Waals surface area contributed by atoms with Gasteiger partial charge in [0.1, 0.15) is 0 Å². The number of nitrogens with zero attached hydrogens (tertiary/aromatic N) is 2. The predicted octanol–water partition coefficient (Wildman–Crippen LogP) is 2.42. The Bertz CT molecular complexity index is 638. The zero-order chi connectivity index (χ0) is 11.1. The largest absolute Gasteiger partial charge is 0.461 e. The van der Waals surface area contributed by atoms with Crippen molar-refractivity contribution in [1.29, 1.82) is 0 Å². The minimum Gasteiger partial charge on any atom is -0.461 e. The molecule has 4 nitrogen and oxygen atoms in total. The molecule has 0 saturated carbocycles. The van der Waals surface area contributed by atoms with E-state index in [1.54, 1.807) is 6.26 Å². The van der Waals surface area contributed by atoms with Crippen molar-refractivity contribution in [2.24, 2.45) is 7.05 Å². The molecule has 1 aromatic carbocycles. The average molecular weight is 213 g/mol. The number of fused-ring (bicyclic) bond motifs is 1. The maximum Gasteiger partial charge on any atom is 0.176 e. The van der Waals surface area contributed by atoms with Gasteiger partial charge in [0.05, 0.1) is 17.3 Å². The van der Waals surface area contributed by atoms with Gasteiger partial charge in [-0.05, 0) is 30.3 Å². The molecule has 0 radical (unpaired) electrons. The highest BCUT2D eigenvalue weighted by Gasteiger charge is 2.11. The van der Waals surface area contributed by atoms with E-state index in [1.165, 1.54) is 0 Å². The molecule has 3 aromatic rings. The van der Waals surface area contributed by atoms with E-state index >= 15 is 0 Å². The van der Waals surface area contributed by atoms with Crippen molar-refractivity contribution in [3.8, 4) is 11.6 Å². The van der Waals surface area contributed by atoms with Gasteiger partial charge < -0.3 is 14.7 Å². The molecule has 0 aliphatic rings. The highest BCUT2D eigenvalue weighted by atomic mass is 16.3. The third-order valence-corrected chi connectivity index (χ3v) is 2.65. The first-order valence-electron chi connectivity index (χ1n) is 5.01. The normalized spacial score (nSPS) is 11.1. The van der Waals surface area contributed by atoms with Crippen molar-refractivity contribution in [2.45, 2.75) is 0 Å². The number of imidazole rings is 1. The minimum absolute atomic E-state index is 0.737. The van der Waals surface area contributed by atoms with Gasteiger partial charge in [-0.2, -0.15) is 0 Å². The number of nitrogens with two attached hydrogens (primary N) is 1. The number of hydrogen-bond acceptors (Lipinski definition) is 3. The lowest BCUT2D eigenvalue weighted by atomic mass is 10.3. The predicted molar refractivity (Wildman–Crippen MR) is 62.8 cm³/mol. The van der Waals surface area contributed by atoms with Crippen molar-refractivity contribution >= 4 is 16.7 Å². The Labute approximate surface area is 92.3 Å². The highest BCUT2D eigenvalue weighted by Crippen LogP contribution is 2.24. The fourth-order valence-electron chi connectivity index (χ4n) is 1.83. The van der Waals surface area contributed by atoms with E-state index in [-0.39, 0.29) is 0 Å². The topological polar surface area (TPSA) is 57.0 Å². The van der Waals surface area contributed by atoms with Crippen molar-refractivity contribution in [1.82, 2.24) is 9.55 Å². The van der Waals surface area contributed by atoms with Gasteiger partial charge in [0.15, 0.2) is 11.6 Å². The number of hydrogen-bond donors (Lipinski definition) is 1. The Balaban J connectivity index is 2.32. The zero-order valence-electron chi connectivity index (χ0n) is 8.84. The number of nitrogen functional groups attached to an aromatic ring is 1. The van der Waals surface area contributed by atoms with Crippen LogP contribution in [-0.2, 0) is 7.05 Å². The highest BCUT2D eigenvalue weighted by molar-refractivity contribution is 5.82. The molecule has 80 valence electrons. The van der Waals surface area contributed by atoms with Crippen LogP contribution >= 0.6 is 0 Å². The van der Waals surface area contributed by atoms with E-state index in [4.69, 9.17) is 10.2 Å². The lowest BCUT2D eigenvalue weighted by Gasteiger charge is -1.98. The van der Waals surface area contributed by atoms with E-state index in [1.807, 2.05) is 41.9 Å². The SMILES string of the molecule is Cn1c(-c2ccco2)nc2ccc(N)cc21. The summed E-state index contributed by atoms with van der Waals surface area (Å²) in [4.78, 5) is 4.51. The summed E-state index contributed by atoms with van der Waals surface area (Å²) in [6.45, 7) is 0. The van der Waals surface area contributed by atoms with Crippen LogP contribution in [0.3, 0.4) is 0 Å². The first kappa shape index (κ1) is 9.03. The first-order valence-corrected chi connectivity index (χ1v) is 5.01. The molecule has 0 aliphatic carbocycles. The lowest BCUT2D eigenvalue weighted by Crippen LogP contribution is -1.91. The van der Waals surface area contributed by atoms with Gasteiger partial charge in [0, 0.05) is 12.7 Å². The molecule has 16 heavy (non-hydrogen) atoms. The van der Waals surface area contributed by atoms with Crippen LogP contribution in [0.4, 0.5) is 5.69 Å². The van der Waals surface area contributed by atoms with Crippen molar-refractivity contribution in [2.75, 3.05) is 5.73 Å². The molecule has 0 atom stereocenters. The third kappa shape index (κ3) is 1.20. The third-order valence-electron chi connectivity index (χ3n) is 2.65. The van der Waals surface area contributed by atoms with Crippen molar-refractivity contribution in [3.05, 3.63) is 36.6 Å². The summed E-state index contributed by atoms with van der Waals surface area (Å²) < 4.78 is 7.32. The van der Waals surface area contributed by atoms with Crippen LogP contribution in [0.25, 0.3) is 22.6 Å². The smallest absolute Gasteiger partial charge is 0.176 e. The zero-order valence-corrected chi connectivity index (χ0v) is 8.84. The monoisotopic (exact) mass is 213 g/mol. The average Bonchev–Trinajstić information content (AvgIpc) is 2.87. The molecule has 0 unspecified atom stereocenters. The molecule has 3 rings (SSSR count). The van der Waals surface area contributed by atoms with Gasteiger partial charge in [-0.1, -0.05) is 0 Å². The van der Waals surface area contributed by atoms with Gasteiger partial charge in [0.2, 0.25) is 0 Å². The molecule has 4 heteroatoms. The van der Waals surface area contributed by atoms with Crippen LogP contribution in [0.2, 0.25) is 0 Å². The van der Waals surface area contributed by atoms with E-state index < -0.39 is 0 Å². The number of aromatic nitrogens is 2. The van der Waals surface area contributed by atoms with Gasteiger partial charge >= 0.3 is 0 Å². The molecule has 0 bridgehead atoms.